The van der Waals surface area contributed by atoms with Gasteiger partial charge in [0, 0.05) is 17.0 Å². The molecule has 0 amide bonds. The third kappa shape index (κ3) is 3.26. The van der Waals surface area contributed by atoms with Gasteiger partial charge in [-0.25, -0.2) is 18.6 Å². The normalized spacial score (nSPS) is 11.0. The van der Waals surface area contributed by atoms with E-state index in [2.05, 4.69) is 9.97 Å². The van der Waals surface area contributed by atoms with Gasteiger partial charge in [-0.3, -0.25) is 0 Å². The number of benzene rings is 2. The smallest absolute Gasteiger partial charge is 0.355 e. The monoisotopic (exact) mass is 386 g/mol. The molecular weight excluding hydrogens is 374 g/mol. The lowest BCUT2D eigenvalue weighted by Gasteiger charge is -2.08. The van der Waals surface area contributed by atoms with Crippen molar-refractivity contribution in [3.63, 3.8) is 0 Å². The largest absolute Gasteiger partial charge is 0.486 e. The molecule has 0 aliphatic rings. The zero-order valence-electron chi connectivity index (χ0n) is 13.7. The highest BCUT2D eigenvalue weighted by Gasteiger charge is 2.14. The lowest BCUT2D eigenvalue weighted by molar-refractivity contribution is 0.0691. The molecule has 0 unspecified atom stereocenters. The number of fused-ring (bicyclic) bond motifs is 1. The summed E-state index contributed by atoms with van der Waals surface area (Å²) in [5.74, 6) is -2.34. The number of nitrogens with zero attached hydrogens (tertiary/aromatic N) is 1. The Morgan fingerprint density at radius 1 is 1.22 bits per heavy atom. The molecule has 0 saturated carbocycles. The van der Waals surface area contributed by atoms with E-state index in [0.717, 1.165) is 0 Å². The van der Waals surface area contributed by atoms with E-state index in [0.29, 0.717) is 27.3 Å². The first kappa shape index (κ1) is 17.2. The summed E-state index contributed by atoms with van der Waals surface area (Å²) in [7, 11) is 0. The molecule has 27 heavy (non-hydrogen) atoms. The topological polar surface area (TPSA) is 75.2 Å². The van der Waals surface area contributed by atoms with Crippen LogP contribution in [0.2, 0.25) is 0 Å². The third-order valence-electron chi connectivity index (χ3n) is 4.04. The fraction of sp³-hybridized carbons (Fsp3) is 0.0526. The van der Waals surface area contributed by atoms with Crippen LogP contribution in [0, 0.1) is 11.6 Å². The van der Waals surface area contributed by atoms with E-state index in [1.165, 1.54) is 22.8 Å². The van der Waals surface area contributed by atoms with Crippen LogP contribution in [-0.2, 0) is 6.61 Å². The number of aromatic carboxylic acids is 1. The molecule has 2 aromatic carbocycles. The maximum absolute atomic E-state index is 13.9. The molecule has 2 N–H and O–H groups in total. The number of rotatable bonds is 5. The third-order valence-corrected chi connectivity index (χ3v) is 4.86. The van der Waals surface area contributed by atoms with Crippen molar-refractivity contribution in [2.45, 2.75) is 6.61 Å². The minimum Gasteiger partial charge on any atom is -0.486 e. The van der Waals surface area contributed by atoms with Gasteiger partial charge in [-0.05, 0) is 35.4 Å². The molecule has 0 aliphatic carbocycles. The number of hydrogen-bond donors (Lipinski definition) is 2. The van der Waals surface area contributed by atoms with Crippen LogP contribution in [-0.4, -0.2) is 21.0 Å². The van der Waals surface area contributed by atoms with Crippen LogP contribution in [0.15, 0.2) is 48.0 Å². The van der Waals surface area contributed by atoms with Gasteiger partial charge >= 0.3 is 5.97 Å². The van der Waals surface area contributed by atoms with E-state index in [-0.39, 0.29) is 17.8 Å². The summed E-state index contributed by atoms with van der Waals surface area (Å²) >= 11 is 1.20. The highest BCUT2D eigenvalue weighted by atomic mass is 32.1. The van der Waals surface area contributed by atoms with Gasteiger partial charge < -0.3 is 14.8 Å². The Morgan fingerprint density at radius 3 is 2.70 bits per heavy atom. The molecule has 0 radical (unpaired) electrons. The summed E-state index contributed by atoms with van der Waals surface area (Å²) < 4.78 is 33.3. The van der Waals surface area contributed by atoms with Crippen molar-refractivity contribution in [1.82, 2.24) is 9.97 Å². The number of thiazole rings is 1. The molecule has 5 nitrogen and oxygen atoms in total. The number of aromatic amines is 1. The molecule has 0 saturated heterocycles. The standard InChI is InChI=1S/C19H12F2N2O3S/c20-14-7-13(12-5-6-22-18(12)17(14)21)10-1-3-11(4-2-10)26-8-16-23-15(9-27-16)19(24)25/h1-7,9,22H,8H2,(H,24,25). The fourth-order valence-electron chi connectivity index (χ4n) is 2.75. The second-order valence-corrected chi connectivity index (χ2v) is 6.67. The van der Waals surface area contributed by atoms with Crippen LogP contribution in [0.4, 0.5) is 8.78 Å². The number of ether oxygens (including phenoxy) is 1. The first-order valence-electron chi connectivity index (χ1n) is 7.89. The molecule has 2 aromatic heterocycles. The van der Waals surface area contributed by atoms with Gasteiger partial charge in [-0.2, -0.15) is 0 Å². The van der Waals surface area contributed by atoms with Crippen LogP contribution < -0.4 is 4.74 Å². The first-order chi connectivity index (χ1) is 13.0. The van der Waals surface area contributed by atoms with Crippen molar-refractivity contribution < 1.29 is 23.4 Å². The van der Waals surface area contributed by atoms with E-state index in [1.807, 2.05) is 0 Å². The Bertz CT molecular complexity index is 1140. The van der Waals surface area contributed by atoms with Crippen LogP contribution in [0.1, 0.15) is 15.5 Å². The second-order valence-electron chi connectivity index (χ2n) is 5.73. The summed E-state index contributed by atoms with van der Waals surface area (Å²) in [6.07, 6.45) is 1.56. The summed E-state index contributed by atoms with van der Waals surface area (Å²) in [6.45, 7) is 0.143. The minimum absolute atomic E-state index is 0.0113. The van der Waals surface area contributed by atoms with Crippen LogP contribution >= 0.6 is 11.3 Å². The number of nitrogens with one attached hydrogen (secondary N) is 1. The second kappa shape index (κ2) is 6.81. The average molecular weight is 386 g/mol. The van der Waals surface area contributed by atoms with Crippen LogP contribution in [0.3, 0.4) is 0 Å². The predicted octanol–water partition coefficient (Wildman–Crippen LogP) is 4.85. The lowest BCUT2D eigenvalue weighted by atomic mass is 10.0. The SMILES string of the molecule is O=C(O)c1csc(COc2ccc(-c3cc(F)c(F)c4[nH]ccc34)cc2)n1. The molecule has 2 heterocycles. The van der Waals surface area contributed by atoms with E-state index in [4.69, 9.17) is 9.84 Å². The number of carbonyl (C=O) groups is 1. The average Bonchev–Trinajstić information content (AvgIpc) is 3.33. The number of hydrogen-bond acceptors (Lipinski definition) is 4. The number of carboxylic acids is 1. The minimum atomic E-state index is -1.08. The molecular formula is C19H12F2N2O3S. The van der Waals surface area contributed by atoms with Gasteiger partial charge in [0.2, 0.25) is 0 Å². The maximum Gasteiger partial charge on any atom is 0.355 e. The quantitative estimate of drug-likeness (QED) is 0.514. The van der Waals surface area contributed by atoms with Crippen LogP contribution in [0.5, 0.6) is 5.75 Å². The van der Waals surface area contributed by atoms with Crippen LogP contribution in [0.25, 0.3) is 22.0 Å². The van der Waals surface area contributed by atoms with Gasteiger partial charge in [0.05, 0.1) is 5.52 Å². The molecule has 0 atom stereocenters. The highest BCUT2D eigenvalue weighted by Crippen LogP contribution is 2.32. The van der Waals surface area contributed by atoms with Crippen molar-refractivity contribution in [2.24, 2.45) is 0 Å². The Kier molecular flexibility index (Phi) is 4.33. The molecule has 0 fully saturated rings. The van der Waals surface area contributed by atoms with Crippen molar-refractivity contribution >= 4 is 28.2 Å². The first-order valence-corrected chi connectivity index (χ1v) is 8.77. The fourth-order valence-corrected chi connectivity index (χ4v) is 3.43. The molecule has 8 heteroatoms. The lowest BCUT2D eigenvalue weighted by Crippen LogP contribution is -1.99. The van der Waals surface area contributed by atoms with Crippen molar-refractivity contribution in [2.75, 3.05) is 0 Å². The summed E-state index contributed by atoms with van der Waals surface area (Å²) in [5.41, 5.74) is 1.40. The predicted molar refractivity (Wildman–Crippen MR) is 97.1 cm³/mol. The number of halogens is 2. The van der Waals surface area contributed by atoms with Gasteiger partial charge in [0.1, 0.15) is 17.4 Å². The van der Waals surface area contributed by atoms with Gasteiger partial charge in [0.25, 0.3) is 0 Å². The number of aromatic nitrogens is 2. The molecule has 4 aromatic rings. The van der Waals surface area contributed by atoms with E-state index in [9.17, 15) is 13.6 Å². The highest BCUT2D eigenvalue weighted by molar-refractivity contribution is 7.09. The molecule has 0 spiro atoms. The van der Waals surface area contributed by atoms with Crippen molar-refractivity contribution in [3.05, 3.63) is 70.3 Å². The maximum atomic E-state index is 13.9. The Balaban J connectivity index is 1.55. The van der Waals surface area contributed by atoms with Crippen molar-refractivity contribution in [3.8, 4) is 16.9 Å². The zero-order valence-corrected chi connectivity index (χ0v) is 14.5. The van der Waals surface area contributed by atoms with Gasteiger partial charge in [-0.1, -0.05) is 12.1 Å². The summed E-state index contributed by atoms with van der Waals surface area (Å²) in [6, 6.07) is 9.78. The van der Waals surface area contributed by atoms with Gasteiger partial charge in [0.15, 0.2) is 17.3 Å². The Labute approximate surface area is 155 Å². The van der Waals surface area contributed by atoms with E-state index >= 15 is 0 Å². The van der Waals surface area contributed by atoms with E-state index < -0.39 is 17.6 Å². The molecule has 0 bridgehead atoms. The van der Waals surface area contributed by atoms with Gasteiger partial charge in [-0.15, -0.1) is 11.3 Å². The Hall–Kier alpha value is -3.26. The molecule has 4 rings (SSSR count). The summed E-state index contributed by atoms with van der Waals surface area (Å²) in [4.78, 5) is 17.5. The zero-order chi connectivity index (χ0) is 19.0. The van der Waals surface area contributed by atoms with Crippen molar-refractivity contribution in [1.29, 1.82) is 0 Å². The molecule has 136 valence electrons. The summed E-state index contributed by atoms with van der Waals surface area (Å²) in [5, 5.41) is 11.5. The number of carboxylic acid groups (broad SMARTS) is 1. The number of H-pyrrole nitrogens is 1. The Morgan fingerprint density at radius 2 is 2.00 bits per heavy atom. The molecule has 0 aliphatic heterocycles. The van der Waals surface area contributed by atoms with E-state index in [1.54, 1.807) is 36.5 Å².